The number of ether oxygens (including phenoxy) is 1. The first kappa shape index (κ1) is 19.4. The summed E-state index contributed by atoms with van der Waals surface area (Å²) in [4.78, 5) is 4.89. The van der Waals surface area contributed by atoms with Gasteiger partial charge in [0.25, 0.3) is 0 Å². The third-order valence-corrected chi connectivity index (χ3v) is 4.83. The third kappa shape index (κ3) is 4.19. The number of hydrogen-bond acceptors (Lipinski definition) is 6. The van der Waals surface area contributed by atoms with Gasteiger partial charge in [0.2, 0.25) is 5.88 Å². The van der Waals surface area contributed by atoms with Crippen LogP contribution in [0.3, 0.4) is 0 Å². The van der Waals surface area contributed by atoms with Crippen LogP contribution in [0.4, 0.5) is 22.0 Å². The predicted molar refractivity (Wildman–Crippen MR) is 74.7 cm³/mol. The minimum absolute atomic E-state index is 0.165. The molecule has 0 saturated carbocycles. The number of aromatic nitrogens is 2. The van der Waals surface area contributed by atoms with Crippen LogP contribution >= 0.6 is 0 Å². The molecule has 0 amide bonds. The smallest absolute Gasteiger partial charge is 0.417 e. The average molecular weight is 393 g/mol. The van der Waals surface area contributed by atoms with Crippen LogP contribution in [0.2, 0.25) is 0 Å². The molecule has 0 spiro atoms. The fourth-order valence-corrected chi connectivity index (χ4v) is 3.71. The van der Waals surface area contributed by atoms with E-state index < -0.39 is 56.2 Å². The monoisotopic (exact) mass is 393 g/mol. The largest absolute Gasteiger partial charge is 0.435 e. The van der Waals surface area contributed by atoms with Gasteiger partial charge >= 0.3 is 12.8 Å². The molecule has 25 heavy (non-hydrogen) atoms. The zero-order valence-corrected chi connectivity index (χ0v) is 14.1. The van der Waals surface area contributed by atoms with Crippen molar-refractivity contribution < 1.29 is 39.9 Å². The van der Waals surface area contributed by atoms with Gasteiger partial charge < -0.3 is 9.57 Å². The van der Waals surface area contributed by atoms with Crippen LogP contribution in [0.25, 0.3) is 0 Å². The number of nitrogens with zero attached hydrogens (tertiary/aromatic N) is 3. The Morgan fingerprint density at radius 1 is 1.40 bits per heavy atom. The maximum atomic E-state index is 13.1. The van der Waals surface area contributed by atoms with E-state index in [1.54, 1.807) is 0 Å². The van der Waals surface area contributed by atoms with Crippen molar-refractivity contribution in [3.8, 4) is 5.88 Å². The van der Waals surface area contributed by atoms with Crippen LogP contribution in [0.1, 0.15) is 31.5 Å². The lowest BCUT2D eigenvalue weighted by molar-refractivity contribution is -0.142. The van der Waals surface area contributed by atoms with Gasteiger partial charge in [-0.15, -0.1) is 0 Å². The van der Waals surface area contributed by atoms with E-state index in [-0.39, 0.29) is 6.42 Å². The highest BCUT2D eigenvalue weighted by molar-refractivity contribution is 8.05. The van der Waals surface area contributed by atoms with Crippen LogP contribution in [0.5, 0.6) is 5.88 Å². The van der Waals surface area contributed by atoms with Crippen molar-refractivity contribution in [1.29, 1.82) is 0 Å². The number of alkyl halides is 5. The van der Waals surface area contributed by atoms with Crippen molar-refractivity contribution in [3.05, 3.63) is 11.3 Å². The number of oxime groups is 1. The van der Waals surface area contributed by atoms with E-state index in [9.17, 15) is 30.4 Å². The minimum atomic E-state index is -5.06. The second-order valence-corrected chi connectivity index (χ2v) is 7.89. The molecule has 0 saturated heterocycles. The molecular weight excluding hydrogens is 379 g/mol. The summed E-state index contributed by atoms with van der Waals surface area (Å²) in [6.45, 7) is -0.380. The Morgan fingerprint density at radius 3 is 2.44 bits per heavy atom. The van der Waals surface area contributed by atoms with Crippen LogP contribution in [0, 0.1) is 0 Å². The molecule has 1 aromatic heterocycles. The molecule has 0 radical (unpaired) electrons. The van der Waals surface area contributed by atoms with Gasteiger partial charge in [-0.25, -0.2) is 13.1 Å². The summed E-state index contributed by atoms with van der Waals surface area (Å²) in [7, 11) is -3.43. The molecule has 0 N–H and O–H groups in total. The molecule has 0 atom stereocenters. The SMILES string of the molecule is Cn1nc(C(F)(F)F)c(CS(=O)(=O)C2=NOC(C)(C)C2)[14c]1OC(F)F. The first-order valence-corrected chi connectivity index (χ1v) is 8.44. The molecule has 0 fully saturated rings. The summed E-state index contributed by atoms with van der Waals surface area (Å²) in [6, 6.07) is 0. The number of sulfone groups is 1. The molecule has 1 aromatic rings. The van der Waals surface area contributed by atoms with Crippen molar-refractivity contribution in [3.63, 3.8) is 0 Å². The Labute approximate surface area is 139 Å². The lowest BCUT2D eigenvalue weighted by Gasteiger charge is -2.13. The van der Waals surface area contributed by atoms with Crippen LogP contribution in [-0.4, -0.2) is 35.5 Å². The molecule has 7 nitrogen and oxygen atoms in total. The first-order valence-electron chi connectivity index (χ1n) is 6.78. The zero-order valence-electron chi connectivity index (χ0n) is 13.3. The normalized spacial score (nSPS) is 17.6. The summed E-state index contributed by atoms with van der Waals surface area (Å²) in [5.74, 6) is -2.24. The van der Waals surface area contributed by atoms with Crippen molar-refractivity contribution >= 4 is 14.9 Å². The summed E-state index contributed by atoms with van der Waals surface area (Å²) >= 11 is 0. The van der Waals surface area contributed by atoms with E-state index in [1.807, 2.05) is 0 Å². The summed E-state index contributed by atoms with van der Waals surface area (Å²) < 4.78 is 93.4. The van der Waals surface area contributed by atoms with Crippen LogP contribution in [0.15, 0.2) is 5.16 Å². The van der Waals surface area contributed by atoms with Gasteiger partial charge in [-0.1, -0.05) is 5.16 Å². The Morgan fingerprint density at radius 2 is 2.00 bits per heavy atom. The molecule has 0 bridgehead atoms. The van der Waals surface area contributed by atoms with E-state index in [1.165, 1.54) is 13.8 Å². The number of rotatable bonds is 4. The lowest BCUT2D eigenvalue weighted by Crippen LogP contribution is -2.24. The highest BCUT2D eigenvalue weighted by Crippen LogP contribution is 2.38. The van der Waals surface area contributed by atoms with E-state index in [2.05, 4.69) is 15.0 Å². The third-order valence-electron chi connectivity index (χ3n) is 3.22. The molecule has 0 aromatic carbocycles. The molecule has 13 heteroatoms. The fraction of sp³-hybridized carbons (Fsp3) is 0.667. The highest BCUT2D eigenvalue weighted by Gasteiger charge is 2.43. The Kier molecular flexibility index (Phi) is 4.74. The zero-order chi connectivity index (χ0) is 19.2. The Hall–Kier alpha value is -1.92. The summed E-state index contributed by atoms with van der Waals surface area (Å²) in [5, 5.41) is 5.97. The number of hydrogen-bond donors (Lipinski definition) is 0. The number of aryl methyl sites for hydroxylation is 1. The van der Waals surface area contributed by atoms with E-state index in [0.717, 1.165) is 7.05 Å². The van der Waals surface area contributed by atoms with Crippen LogP contribution < -0.4 is 4.74 Å². The Balaban J connectivity index is 2.47. The minimum Gasteiger partial charge on any atom is -0.417 e. The molecule has 1 aliphatic heterocycles. The fourth-order valence-electron chi connectivity index (χ4n) is 2.19. The molecule has 2 rings (SSSR count). The van der Waals surface area contributed by atoms with Gasteiger partial charge in [0.15, 0.2) is 20.6 Å². The van der Waals surface area contributed by atoms with E-state index >= 15 is 0 Å². The molecular formula is C12H14F5N3O4S. The average Bonchev–Trinajstić information content (AvgIpc) is 2.92. The van der Waals surface area contributed by atoms with Gasteiger partial charge in [-0.2, -0.15) is 27.1 Å². The first-order chi connectivity index (χ1) is 11.2. The molecule has 142 valence electrons. The summed E-state index contributed by atoms with van der Waals surface area (Å²) in [5.41, 5.74) is -3.57. The van der Waals surface area contributed by atoms with Gasteiger partial charge in [-0.3, -0.25) is 0 Å². The van der Waals surface area contributed by atoms with E-state index in [0.29, 0.717) is 4.68 Å². The maximum absolute atomic E-state index is 13.1. The highest BCUT2D eigenvalue weighted by atomic mass is 32.2. The maximum Gasteiger partial charge on any atom is 0.435 e. The Bertz CT molecular complexity index is 798. The van der Waals surface area contributed by atoms with Crippen molar-refractivity contribution in [1.82, 2.24) is 9.78 Å². The van der Waals surface area contributed by atoms with Gasteiger partial charge in [0.1, 0.15) is 5.60 Å². The van der Waals surface area contributed by atoms with Crippen LogP contribution in [-0.2, 0) is 33.7 Å². The van der Waals surface area contributed by atoms with Crippen molar-refractivity contribution in [2.45, 2.75) is 44.4 Å². The van der Waals surface area contributed by atoms with Crippen molar-refractivity contribution in [2.75, 3.05) is 0 Å². The predicted octanol–water partition coefficient (Wildman–Crippen LogP) is 2.47. The molecule has 0 aliphatic carbocycles. The van der Waals surface area contributed by atoms with Gasteiger partial charge in [-0.05, 0) is 13.8 Å². The lowest BCUT2D eigenvalue weighted by atomic mass is 10.1. The molecule has 2 heterocycles. The molecule has 0 unspecified atom stereocenters. The second kappa shape index (κ2) is 6.11. The van der Waals surface area contributed by atoms with Gasteiger partial charge in [0.05, 0.1) is 11.3 Å². The van der Waals surface area contributed by atoms with Gasteiger partial charge in [0, 0.05) is 13.5 Å². The van der Waals surface area contributed by atoms with Crippen molar-refractivity contribution in [2.24, 2.45) is 12.2 Å². The second-order valence-electron chi connectivity index (χ2n) is 5.90. The standard InChI is InChI=1S/C12H14F5N3O4S/c1-11(2)4-7(19-24-11)25(21,22)5-6-8(12(15,16)17)18-20(3)9(6)23-10(13)14/h10H,4-5H2,1-3H3/i9+2. The topological polar surface area (TPSA) is 82.8 Å². The molecule has 1 aliphatic rings. The number of halogens is 5. The van der Waals surface area contributed by atoms with E-state index in [4.69, 9.17) is 4.84 Å². The quantitative estimate of drug-likeness (QED) is 0.734. The summed E-state index contributed by atoms with van der Waals surface area (Å²) in [6.07, 6.45) is -5.22.